The third kappa shape index (κ3) is 4.34. The Kier molecular flexibility index (Phi) is 6.12. The summed E-state index contributed by atoms with van der Waals surface area (Å²) in [7, 11) is 0. The van der Waals surface area contributed by atoms with Gasteiger partial charge in [0.1, 0.15) is 6.61 Å². The molecule has 0 spiro atoms. The van der Waals surface area contributed by atoms with E-state index in [0.717, 1.165) is 28.3 Å². The third-order valence-electron chi connectivity index (χ3n) is 8.06. The Hall–Kier alpha value is -3.87. The zero-order valence-corrected chi connectivity index (χ0v) is 20.8. The molecule has 9 heteroatoms. The molecule has 0 radical (unpaired) electrons. The predicted octanol–water partition coefficient (Wildman–Crippen LogP) is 5.58. The highest BCUT2D eigenvalue weighted by Crippen LogP contribution is 2.47. The Morgan fingerprint density at radius 1 is 1.03 bits per heavy atom. The maximum absolute atomic E-state index is 13.9. The van der Waals surface area contributed by atoms with Crippen molar-refractivity contribution in [1.29, 1.82) is 5.26 Å². The van der Waals surface area contributed by atoms with Crippen LogP contribution in [0.3, 0.4) is 0 Å². The molecule has 1 amide bonds. The van der Waals surface area contributed by atoms with Crippen molar-refractivity contribution in [2.45, 2.75) is 42.6 Å². The highest BCUT2D eigenvalue weighted by molar-refractivity contribution is 5.79. The molecule has 1 N–H and O–H groups in total. The smallest absolute Gasteiger partial charge is 0.416 e. The van der Waals surface area contributed by atoms with Crippen molar-refractivity contribution in [1.82, 2.24) is 4.90 Å². The maximum Gasteiger partial charge on any atom is 0.416 e. The molecule has 2 heterocycles. The van der Waals surface area contributed by atoms with Crippen molar-refractivity contribution in [2.75, 3.05) is 19.8 Å². The molecular weight excluding hydrogens is 509 g/mol. The summed E-state index contributed by atoms with van der Waals surface area (Å²) < 4.78 is 53.2. The third-order valence-corrected chi connectivity index (χ3v) is 8.06. The lowest BCUT2D eigenvalue weighted by atomic mass is 9.75. The predicted molar refractivity (Wildman–Crippen MR) is 135 cm³/mol. The van der Waals surface area contributed by atoms with Gasteiger partial charge in [0.2, 0.25) is 0 Å². The molecule has 2 aliphatic heterocycles. The van der Waals surface area contributed by atoms with Crippen molar-refractivity contribution in [3.05, 3.63) is 94.5 Å². The van der Waals surface area contributed by atoms with Crippen molar-refractivity contribution in [2.24, 2.45) is 0 Å². The molecular formula is C30H25F3N2O4. The van der Waals surface area contributed by atoms with Crippen LogP contribution in [-0.2, 0) is 21.3 Å². The zero-order chi connectivity index (χ0) is 27.4. The minimum atomic E-state index is -4.76. The number of aliphatic hydroxyl groups is 1. The van der Waals surface area contributed by atoms with Crippen LogP contribution in [0.4, 0.5) is 18.0 Å². The molecule has 2 fully saturated rings. The Bertz CT molecular complexity index is 1420. The first kappa shape index (κ1) is 25.4. The number of ether oxygens (including phenoxy) is 2. The van der Waals surface area contributed by atoms with E-state index < -0.39 is 35.5 Å². The lowest BCUT2D eigenvalue weighted by Crippen LogP contribution is -2.62. The second-order valence-corrected chi connectivity index (χ2v) is 10.4. The summed E-state index contributed by atoms with van der Waals surface area (Å²) in [5.41, 5.74) is 1.02. The van der Waals surface area contributed by atoms with Crippen molar-refractivity contribution >= 4 is 6.09 Å². The largest absolute Gasteiger partial charge is 0.448 e. The molecule has 200 valence electrons. The molecule has 3 aliphatic rings. The monoisotopic (exact) mass is 534 g/mol. The quantitative estimate of drug-likeness (QED) is 0.475. The van der Waals surface area contributed by atoms with E-state index in [4.69, 9.17) is 14.7 Å². The molecule has 3 aromatic rings. The molecule has 2 atom stereocenters. The number of amides is 1. The number of nitrogens with zero attached hydrogens (tertiary/aromatic N) is 2. The summed E-state index contributed by atoms with van der Waals surface area (Å²) in [6.45, 7) is 0.253. The van der Waals surface area contributed by atoms with Gasteiger partial charge in [-0.15, -0.1) is 0 Å². The number of carbonyl (C=O) groups excluding carboxylic acids is 1. The molecule has 1 aliphatic carbocycles. The molecule has 2 bridgehead atoms. The number of hydrogen-bond donors (Lipinski definition) is 1. The van der Waals surface area contributed by atoms with E-state index in [1.807, 2.05) is 48.5 Å². The number of morpholine rings is 1. The number of carbonyl (C=O) groups is 1. The Balaban J connectivity index is 1.23. The van der Waals surface area contributed by atoms with Crippen LogP contribution in [0.25, 0.3) is 11.1 Å². The van der Waals surface area contributed by atoms with Gasteiger partial charge in [-0.2, -0.15) is 18.4 Å². The van der Waals surface area contributed by atoms with Gasteiger partial charge in [0.05, 0.1) is 48.1 Å². The highest BCUT2D eigenvalue weighted by atomic mass is 19.4. The number of alkyl halides is 3. The second-order valence-electron chi connectivity index (χ2n) is 10.4. The van der Waals surface area contributed by atoms with Gasteiger partial charge in [0.15, 0.2) is 0 Å². The lowest BCUT2D eigenvalue weighted by Gasteiger charge is -2.51. The molecule has 3 aromatic carbocycles. The fourth-order valence-corrected chi connectivity index (χ4v) is 6.42. The number of hydrogen-bond acceptors (Lipinski definition) is 5. The first-order chi connectivity index (χ1) is 18.7. The van der Waals surface area contributed by atoms with Crippen LogP contribution in [0.1, 0.15) is 46.6 Å². The average Bonchev–Trinajstić information content (AvgIpc) is 3.24. The van der Waals surface area contributed by atoms with Gasteiger partial charge in [-0.1, -0.05) is 54.6 Å². The van der Waals surface area contributed by atoms with Crippen LogP contribution in [0, 0.1) is 11.3 Å². The van der Waals surface area contributed by atoms with Crippen LogP contribution in [0.2, 0.25) is 0 Å². The summed E-state index contributed by atoms with van der Waals surface area (Å²) in [4.78, 5) is 14.9. The van der Waals surface area contributed by atoms with Gasteiger partial charge >= 0.3 is 12.3 Å². The number of halogens is 3. The second kappa shape index (κ2) is 9.40. The first-order valence-electron chi connectivity index (χ1n) is 12.7. The van der Waals surface area contributed by atoms with E-state index >= 15 is 0 Å². The van der Waals surface area contributed by atoms with Gasteiger partial charge in [-0.3, -0.25) is 4.90 Å². The lowest BCUT2D eigenvalue weighted by molar-refractivity contribution is -0.153. The van der Waals surface area contributed by atoms with Crippen LogP contribution in [0.15, 0.2) is 66.7 Å². The summed E-state index contributed by atoms with van der Waals surface area (Å²) in [6.07, 6.45) is -5.63. The van der Waals surface area contributed by atoms with Gasteiger partial charge in [-0.05, 0) is 39.9 Å². The fraction of sp³-hybridized carbons (Fsp3) is 0.333. The van der Waals surface area contributed by atoms with E-state index in [2.05, 4.69) is 0 Å². The standard InChI is InChI=1S/C30H25F3N2O4/c31-30(32,33)27-11-18(14-34)9-10-26(27)29(37)12-19-15-38-16-20(13-29)35(19)28(36)39-17-25-23-7-3-1-5-21(23)22-6-2-4-8-24(22)25/h1-11,19-20,25,37H,12-13,15-17H2. The number of benzene rings is 3. The minimum Gasteiger partial charge on any atom is -0.448 e. The van der Waals surface area contributed by atoms with Crippen LogP contribution >= 0.6 is 0 Å². The summed E-state index contributed by atoms with van der Waals surface area (Å²) >= 11 is 0. The highest BCUT2D eigenvalue weighted by Gasteiger charge is 2.52. The minimum absolute atomic E-state index is 0.0701. The van der Waals surface area contributed by atoms with Crippen LogP contribution in [0.5, 0.6) is 0 Å². The van der Waals surface area contributed by atoms with Gasteiger partial charge in [0.25, 0.3) is 0 Å². The van der Waals surface area contributed by atoms with Crippen molar-refractivity contribution in [3.63, 3.8) is 0 Å². The molecule has 0 aromatic heterocycles. The van der Waals surface area contributed by atoms with E-state index in [1.165, 1.54) is 17.0 Å². The van der Waals surface area contributed by atoms with Crippen LogP contribution in [-0.4, -0.2) is 48.0 Å². The molecule has 2 saturated heterocycles. The van der Waals surface area contributed by atoms with E-state index in [-0.39, 0.29) is 49.7 Å². The molecule has 39 heavy (non-hydrogen) atoms. The molecule has 6 rings (SSSR count). The van der Waals surface area contributed by atoms with E-state index in [9.17, 15) is 23.1 Å². The zero-order valence-electron chi connectivity index (χ0n) is 20.8. The van der Waals surface area contributed by atoms with Gasteiger partial charge < -0.3 is 14.6 Å². The van der Waals surface area contributed by atoms with Gasteiger partial charge in [-0.25, -0.2) is 4.79 Å². The fourth-order valence-electron chi connectivity index (χ4n) is 6.42. The molecule has 0 saturated carbocycles. The van der Waals surface area contributed by atoms with E-state index in [1.54, 1.807) is 6.07 Å². The number of piperidine rings is 1. The van der Waals surface area contributed by atoms with Crippen molar-refractivity contribution in [3.8, 4) is 17.2 Å². The maximum atomic E-state index is 13.9. The van der Waals surface area contributed by atoms with Crippen molar-refractivity contribution < 1.29 is 32.5 Å². The van der Waals surface area contributed by atoms with E-state index in [0.29, 0.717) is 0 Å². The average molecular weight is 535 g/mol. The molecule has 2 unspecified atom stereocenters. The number of fused-ring (bicyclic) bond motifs is 5. The van der Waals surface area contributed by atoms with Crippen LogP contribution < -0.4 is 0 Å². The Labute approximate surface area is 223 Å². The SMILES string of the molecule is N#Cc1ccc(C2(O)CC3COCC(C2)N3C(=O)OCC2c3ccccc3-c3ccccc32)c(C(F)(F)F)c1. The number of rotatable bonds is 3. The molecule has 6 nitrogen and oxygen atoms in total. The number of nitriles is 1. The summed E-state index contributed by atoms with van der Waals surface area (Å²) in [6, 6.07) is 19.5. The Morgan fingerprint density at radius 3 is 2.18 bits per heavy atom. The normalized spacial score (nSPS) is 24.0. The Morgan fingerprint density at radius 2 is 1.62 bits per heavy atom. The summed E-state index contributed by atoms with van der Waals surface area (Å²) in [5.74, 6) is -0.132. The summed E-state index contributed by atoms with van der Waals surface area (Å²) in [5, 5.41) is 20.7. The van der Waals surface area contributed by atoms with Gasteiger partial charge in [0, 0.05) is 18.8 Å². The topological polar surface area (TPSA) is 82.8 Å². The first-order valence-corrected chi connectivity index (χ1v) is 12.7.